The summed E-state index contributed by atoms with van der Waals surface area (Å²) in [5, 5.41) is 10.4. The second kappa shape index (κ2) is 11.9. The van der Waals surface area contributed by atoms with Gasteiger partial charge < -0.3 is 20.3 Å². The molecule has 2 aromatic heterocycles. The van der Waals surface area contributed by atoms with Crippen LogP contribution in [0, 0.1) is 6.92 Å². The predicted molar refractivity (Wildman–Crippen MR) is 128 cm³/mol. The smallest absolute Gasteiger partial charge is 0.244 e. The third-order valence-corrected chi connectivity index (χ3v) is 4.97. The second-order valence-electron chi connectivity index (χ2n) is 7.50. The summed E-state index contributed by atoms with van der Waals surface area (Å²) < 4.78 is 7.16. The van der Waals surface area contributed by atoms with Gasteiger partial charge in [0.2, 0.25) is 11.8 Å². The van der Waals surface area contributed by atoms with E-state index in [-0.39, 0.29) is 24.8 Å². The van der Waals surface area contributed by atoms with Gasteiger partial charge in [0.15, 0.2) is 0 Å². The third-order valence-electron chi connectivity index (χ3n) is 4.76. The molecule has 0 unspecified atom stereocenters. The molecule has 1 aromatic carbocycles. The Morgan fingerprint density at radius 3 is 2.73 bits per heavy atom. The molecule has 3 aromatic rings. The van der Waals surface area contributed by atoms with Gasteiger partial charge in [-0.1, -0.05) is 29.3 Å². The highest BCUT2D eigenvalue weighted by molar-refractivity contribution is 6.29. The number of anilines is 2. The molecule has 0 aliphatic rings. The molecule has 10 heteroatoms. The first-order chi connectivity index (χ1) is 15.9. The number of nitrogens with zero attached hydrogens (tertiary/aromatic N) is 4. The van der Waals surface area contributed by atoms with Gasteiger partial charge in [0, 0.05) is 38.1 Å². The molecule has 33 heavy (non-hydrogen) atoms. The van der Waals surface area contributed by atoms with Gasteiger partial charge in [-0.15, -0.1) is 0 Å². The number of benzene rings is 1. The molecule has 174 valence electrons. The molecule has 2 heterocycles. The Bertz CT molecular complexity index is 1070. The van der Waals surface area contributed by atoms with Crippen molar-refractivity contribution in [3.05, 3.63) is 65.7 Å². The first kappa shape index (κ1) is 24.1. The Balaban J connectivity index is 1.36. The molecule has 0 atom stereocenters. The lowest BCUT2D eigenvalue weighted by Gasteiger charge is -2.17. The molecule has 2 amide bonds. The first-order valence-corrected chi connectivity index (χ1v) is 10.9. The van der Waals surface area contributed by atoms with E-state index in [4.69, 9.17) is 16.3 Å². The fourth-order valence-electron chi connectivity index (χ4n) is 2.89. The predicted octanol–water partition coefficient (Wildman–Crippen LogP) is 3.22. The maximum absolute atomic E-state index is 12.4. The van der Waals surface area contributed by atoms with E-state index < -0.39 is 0 Å². The highest BCUT2D eigenvalue weighted by Gasteiger charge is 2.11. The van der Waals surface area contributed by atoms with Crippen molar-refractivity contribution >= 4 is 34.8 Å². The van der Waals surface area contributed by atoms with Crippen LogP contribution in [-0.2, 0) is 16.1 Å². The third kappa shape index (κ3) is 8.12. The number of likely N-dealkylation sites (N-methyl/N-ethyl adjacent to an activating group) is 1. The standard InChI is InChI=1S/C23H27ClN6O3/c1-17-3-5-20(6-4-17)33-12-11-29(2)23(32)16-30-15-19(14-27-30)28-22(31)8-10-25-18-7-9-26-21(24)13-18/h3-7,9,13-15H,8,10-12,16H2,1-2H3,(H,25,26)(H,28,31). The largest absolute Gasteiger partial charge is 0.492 e. The van der Waals surface area contributed by atoms with Gasteiger partial charge in [0.1, 0.15) is 24.1 Å². The van der Waals surface area contributed by atoms with Gasteiger partial charge in [0.05, 0.1) is 18.4 Å². The first-order valence-electron chi connectivity index (χ1n) is 10.5. The number of aryl methyl sites for hydroxylation is 1. The number of ether oxygens (including phenoxy) is 1. The van der Waals surface area contributed by atoms with Crippen molar-refractivity contribution in [2.75, 3.05) is 37.4 Å². The fourth-order valence-corrected chi connectivity index (χ4v) is 3.06. The van der Waals surface area contributed by atoms with Gasteiger partial charge in [0.25, 0.3) is 0 Å². The van der Waals surface area contributed by atoms with Crippen LogP contribution in [0.3, 0.4) is 0 Å². The molecule has 2 N–H and O–H groups in total. The van der Waals surface area contributed by atoms with E-state index in [1.165, 1.54) is 10.9 Å². The maximum Gasteiger partial charge on any atom is 0.244 e. The van der Waals surface area contributed by atoms with E-state index in [0.717, 1.165) is 17.0 Å². The summed E-state index contributed by atoms with van der Waals surface area (Å²) in [6.07, 6.45) is 4.99. The minimum absolute atomic E-state index is 0.0707. The molecule has 0 spiro atoms. The number of rotatable bonds is 11. The molecule has 0 radical (unpaired) electrons. The van der Waals surface area contributed by atoms with E-state index in [1.807, 2.05) is 31.2 Å². The van der Waals surface area contributed by atoms with Crippen LogP contribution in [0.25, 0.3) is 0 Å². The zero-order valence-electron chi connectivity index (χ0n) is 18.6. The van der Waals surface area contributed by atoms with E-state index in [1.54, 1.807) is 36.5 Å². The minimum Gasteiger partial charge on any atom is -0.492 e. The number of hydrogen-bond donors (Lipinski definition) is 2. The number of carbonyl (C=O) groups is 2. The lowest BCUT2D eigenvalue weighted by Crippen LogP contribution is -2.33. The van der Waals surface area contributed by atoms with E-state index >= 15 is 0 Å². The number of aromatic nitrogens is 3. The molecule has 9 nitrogen and oxygen atoms in total. The van der Waals surface area contributed by atoms with Gasteiger partial charge in [-0.05, 0) is 31.2 Å². The average Bonchev–Trinajstić information content (AvgIpc) is 3.21. The van der Waals surface area contributed by atoms with Crippen LogP contribution < -0.4 is 15.4 Å². The Kier molecular flexibility index (Phi) is 8.65. The quantitative estimate of drug-likeness (QED) is 0.417. The van der Waals surface area contributed by atoms with Crippen LogP contribution in [0.1, 0.15) is 12.0 Å². The lowest BCUT2D eigenvalue weighted by atomic mass is 10.2. The van der Waals surface area contributed by atoms with Crippen LogP contribution in [-0.4, -0.2) is 58.2 Å². The number of halogens is 1. The lowest BCUT2D eigenvalue weighted by molar-refractivity contribution is -0.131. The second-order valence-corrected chi connectivity index (χ2v) is 7.88. The van der Waals surface area contributed by atoms with Crippen molar-refractivity contribution in [2.45, 2.75) is 19.9 Å². The zero-order chi connectivity index (χ0) is 23.6. The Labute approximate surface area is 197 Å². The number of carbonyl (C=O) groups excluding carboxylic acids is 2. The molecule has 0 aliphatic heterocycles. The van der Waals surface area contributed by atoms with Crippen molar-refractivity contribution in [1.29, 1.82) is 0 Å². The number of nitrogens with one attached hydrogen (secondary N) is 2. The van der Waals surface area contributed by atoms with E-state index in [2.05, 4.69) is 20.7 Å². The van der Waals surface area contributed by atoms with Crippen LogP contribution in [0.15, 0.2) is 55.0 Å². The van der Waals surface area contributed by atoms with Gasteiger partial charge in [-0.25, -0.2) is 4.98 Å². The molecular formula is C23H27ClN6O3. The van der Waals surface area contributed by atoms with Crippen molar-refractivity contribution in [3.63, 3.8) is 0 Å². The van der Waals surface area contributed by atoms with Crippen molar-refractivity contribution in [1.82, 2.24) is 19.7 Å². The van der Waals surface area contributed by atoms with Crippen molar-refractivity contribution in [3.8, 4) is 5.75 Å². The summed E-state index contributed by atoms with van der Waals surface area (Å²) in [4.78, 5) is 30.1. The summed E-state index contributed by atoms with van der Waals surface area (Å²) >= 11 is 5.83. The molecular weight excluding hydrogens is 444 g/mol. The molecule has 0 bridgehead atoms. The van der Waals surface area contributed by atoms with Crippen LogP contribution >= 0.6 is 11.6 Å². The Morgan fingerprint density at radius 2 is 1.97 bits per heavy atom. The Hall–Kier alpha value is -3.59. The monoisotopic (exact) mass is 470 g/mol. The molecule has 0 saturated carbocycles. The summed E-state index contributed by atoms with van der Waals surface area (Å²) in [5.41, 5.74) is 2.49. The number of pyridine rings is 1. The highest BCUT2D eigenvalue weighted by Crippen LogP contribution is 2.13. The summed E-state index contributed by atoms with van der Waals surface area (Å²) in [5.74, 6) is 0.497. The minimum atomic E-state index is -0.168. The van der Waals surface area contributed by atoms with Crippen LogP contribution in [0.5, 0.6) is 5.75 Å². The zero-order valence-corrected chi connectivity index (χ0v) is 19.4. The number of hydrogen-bond acceptors (Lipinski definition) is 6. The van der Waals surface area contributed by atoms with Crippen molar-refractivity contribution < 1.29 is 14.3 Å². The van der Waals surface area contributed by atoms with E-state index in [9.17, 15) is 9.59 Å². The molecule has 0 aliphatic carbocycles. The van der Waals surface area contributed by atoms with Crippen LogP contribution in [0.2, 0.25) is 5.15 Å². The van der Waals surface area contributed by atoms with Crippen LogP contribution in [0.4, 0.5) is 11.4 Å². The molecule has 0 fully saturated rings. The van der Waals surface area contributed by atoms with Gasteiger partial charge in [-0.2, -0.15) is 5.10 Å². The molecule has 3 rings (SSSR count). The van der Waals surface area contributed by atoms with Gasteiger partial charge in [-0.3, -0.25) is 14.3 Å². The fraction of sp³-hybridized carbons (Fsp3) is 0.304. The normalized spacial score (nSPS) is 10.5. The summed E-state index contributed by atoms with van der Waals surface area (Å²) in [6, 6.07) is 11.2. The van der Waals surface area contributed by atoms with E-state index in [0.29, 0.717) is 30.5 Å². The Morgan fingerprint density at radius 1 is 1.18 bits per heavy atom. The topological polar surface area (TPSA) is 101 Å². The molecule has 0 saturated heterocycles. The number of amides is 2. The summed E-state index contributed by atoms with van der Waals surface area (Å²) in [6.45, 7) is 3.37. The van der Waals surface area contributed by atoms with Gasteiger partial charge >= 0.3 is 0 Å². The van der Waals surface area contributed by atoms with Crippen molar-refractivity contribution in [2.24, 2.45) is 0 Å². The summed E-state index contributed by atoms with van der Waals surface area (Å²) in [7, 11) is 1.72. The SMILES string of the molecule is Cc1ccc(OCCN(C)C(=O)Cn2cc(NC(=O)CCNc3ccnc(Cl)c3)cn2)cc1. The maximum atomic E-state index is 12.4. The average molecular weight is 471 g/mol. The highest BCUT2D eigenvalue weighted by atomic mass is 35.5.